The minimum atomic E-state index is -2.09. The van der Waals surface area contributed by atoms with E-state index in [1.54, 1.807) is 28.3 Å². The Morgan fingerprint density at radius 1 is 1.05 bits per heavy atom. The van der Waals surface area contributed by atoms with Gasteiger partial charge < -0.3 is 32.8 Å². The molecule has 0 N–H and O–H groups in total. The first-order chi connectivity index (χ1) is 17.5. The second-order valence-electron chi connectivity index (χ2n) is 10.4. The second kappa shape index (κ2) is 17.0. The highest BCUT2D eigenvalue weighted by Crippen LogP contribution is 2.38. The second-order valence-corrected chi connectivity index (χ2v) is 15.1. The zero-order valence-electron chi connectivity index (χ0n) is 24.2. The highest BCUT2D eigenvalue weighted by atomic mass is 28.4. The lowest BCUT2D eigenvalue weighted by Crippen LogP contribution is -2.46. The standard InChI is InChI=1S/C28H48O8Si/c1-10-34-27(29)13-11-12-24(36-37(8,9)28(2,3)4)18-25(32-7)26(35-21-30-5)20-33-19-22-14-16-23(31-6)17-15-22/h11,13-17,24-26H,10,12,18-21H2,1-9H3/b13-11+/t24-,25-,26-/m1/s1. The van der Waals surface area contributed by atoms with Crippen molar-refractivity contribution in [3.63, 3.8) is 0 Å². The number of hydrogen-bond donors (Lipinski definition) is 0. The molecule has 0 radical (unpaired) electrons. The molecule has 0 saturated heterocycles. The maximum absolute atomic E-state index is 11.8. The van der Waals surface area contributed by atoms with Crippen molar-refractivity contribution in [1.82, 2.24) is 0 Å². The lowest BCUT2D eigenvalue weighted by Gasteiger charge is -2.40. The van der Waals surface area contributed by atoms with Gasteiger partial charge >= 0.3 is 5.97 Å². The maximum Gasteiger partial charge on any atom is 0.330 e. The molecule has 0 bridgehead atoms. The summed E-state index contributed by atoms with van der Waals surface area (Å²) in [5.74, 6) is 0.444. The summed E-state index contributed by atoms with van der Waals surface area (Å²) in [6.07, 6.45) is 3.54. The number of carbonyl (C=O) groups is 1. The smallest absolute Gasteiger partial charge is 0.330 e. The summed E-state index contributed by atoms with van der Waals surface area (Å²) >= 11 is 0. The summed E-state index contributed by atoms with van der Waals surface area (Å²) in [7, 11) is 2.80. The Morgan fingerprint density at radius 3 is 2.27 bits per heavy atom. The third-order valence-electron chi connectivity index (χ3n) is 6.53. The van der Waals surface area contributed by atoms with Gasteiger partial charge in [-0.05, 0) is 49.2 Å². The van der Waals surface area contributed by atoms with E-state index in [0.717, 1.165) is 11.3 Å². The first-order valence-corrected chi connectivity index (χ1v) is 15.7. The molecule has 0 heterocycles. The molecular weight excluding hydrogens is 492 g/mol. The fourth-order valence-electron chi connectivity index (χ4n) is 3.38. The number of rotatable bonds is 18. The molecule has 0 amide bonds. The van der Waals surface area contributed by atoms with Gasteiger partial charge in [-0.15, -0.1) is 0 Å². The Labute approximate surface area is 224 Å². The van der Waals surface area contributed by atoms with Crippen molar-refractivity contribution in [3.8, 4) is 5.75 Å². The van der Waals surface area contributed by atoms with E-state index in [1.807, 2.05) is 30.3 Å². The molecular formula is C28H48O8Si. The Kier molecular flexibility index (Phi) is 15.3. The third kappa shape index (κ3) is 12.6. The monoisotopic (exact) mass is 540 g/mol. The van der Waals surface area contributed by atoms with E-state index in [-0.39, 0.29) is 36.1 Å². The normalized spacial score (nSPS) is 14.9. The van der Waals surface area contributed by atoms with Crippen molar-refractivity contribution in [1.29, 1.82) is 0 Å². The average molecular weight is 541 g/mol. The van der Waals surface area contributed by atoms with Crippen molar-refractivity contribution in [3.05, 3.63) is 42.0 Å². The predicted octanol–water partition coefficient (Wildman–Crippen LogP) is 5.51. The number of carbonyl (C=O) groups excluding carboxylic acids is 1. The molecule has 8 nitrogen and oxygen atoms in total. The van der Waals surface area contributed by atoms with Gasteiger partial charge in [0.1, 0.15) is 18.6 Å². The first-order valence-electron chi connectivity index (χ1n) is 12.8. The van der Waals surface area contributed by atoms with Crippen LogP contribution in [0, 0.1) is 0 Å². The third-order valence-corrected chi connectivity index (χ3v) is 11.1. The number of benzene rings is 1. The first kappa shape index (κ1) is 33.3. The summed E-state index contributed by atoms with van der Waals surface area (Å²) in [5.41, 5.74) is 1.03. The van der Waals surface area contributed by atoms with Crippen molar-refractivity contribution >= 4 is 14.3 Å². The van der Waals surface area contributed by atoms with Crippen LogP contribution in [0.15, 0.2) is 36.4 Å². The Balaban J connectivity index is 2.96. The number of hydrogen-bond acceptors (Lipinski definition) is 8. The van der Waals surface area contributed by atoms with E-state index in [0.29, 0.717) is 32.7 Å². The van der Waals surface area contributed by atoms with Gasteiger partial charge in [0.25, 0.3) is 0 Å². The van der Waals surface area contributed by atoms with Gasteiger partial charge in [-0.1, -0.05) is 39.0 Å². The lowest BCUT2D eigenvalue weighted by atomic mass is 10.0. The van der Waals surface area contributed by atoms with Crippen LogP contribution in [-0.2, 0) is 39.5 Å². The number of ether oxygens (including phenoxy) is 6. The number of methoxy groups -OCH3 is 3. The molecule has 0 fully saturated rings. The summed E-state index contributed by atoms with van der Waals surface area (Å²) in [6, 6.07) is 7.75. The average Bonchev–Trinajstić information content (AvgIpc) is 2.84. The summed E-state index contributed by atoms with van der Waals surface area (Å²) < 4.78 is 40.0. The largest absolute Gasteiger partial charge is 0.497 e. The molecule has 1 aromatic rings. The van der Waals surface area contributed by atoms with Gasteiger partial charge in [-0.2, -0.15) is 0 Å². The molecule has 0 unspecified atom stereocenters. The van der Waals surface area contributed by atoms with E-state index < -0.39 is 8.32 Å². The van der Waals surface area contributed by atoms with Crippen LogP contribution < -0.4 is 4.74 Å². The molecule has 37 heavy (non-hydrogen) atoms. The van der Waals surface area contributed by atoms with E-state index in [1.165, 1.54) is 6.08 Å². The van der Waals surface area contributed by atoms with Gasteiger partial charge in [-0.25, -0.2) is 4.79 Å². The molecule has 1 rings (SSSR count). The van der Waals surface area contributed by atoms with E-state index in [9.17, 15) is 4.79 Å². The van der Waals surface area contributed by atoms with Crippen LogP contribution in [0.2, 0.25) is 18.1 Å². The topological polar surface area (TPSA) is 81.7 Å². The molecule has 3 atom stereocenters. The van der Waals surface area contributed by atoms with Crippen molar-refractivity contribution in [2.45, 2.75) is 83.6 Å². The Morgan fingerprint density at radius 2 is 1.73 bits per heavy atom. The van der Waals surface area contributed by atoms with Crippen LogP contribution in [0.3, 0.4) is 0 Å². The van der Waals surface area contributed by atoms with Gasteiger partial charge in [0.2, 0.25) is 0 Å². The van der Waals surface area contributed by atoms with E-state index in [2.05, 4.69) is 33.9 Å². The molecule has 0 spiro atoms. The van der Waals surface area contributed by atoms with Gasteiger partial charge in [-0.3, -0.25) is 0 Å². The summed E-state index contributed by atoms with van der Waals surface area (Å²) in [5, 5.41) is 0.0338. The van der Waals surface area contributed by atoms with Crippen LogP contribution in [0.25, 0.3) is 0 Å². The number of esters is 1. The van der Waals surface area contributed by atoms with Crippen LogP contribution in [0.5, 0.6) is 5.75 Å². The van der Waals surface area contributed by atoms with Crippen molar-refractivity contribution < 1.29 is 37.6 Å². The van der Waals surface area contributed by atoms with Crippen LogP contribution >= 0.6 is 0 Å². The highest BCUT2D eigenvalue weighted by molar-refractivity contribution is 6.74. The molecule has 212 valence electrons. The Bertz CT molecular complexity index is 788. The highest BCUT2D eigenvalue weighted by Gasteiger charge is 2.40. The van der Waals surface area contributed by atoms with Gasteiger partial charge in [0, 0.05) is 26.7 Å². The van der Waals surface area contributed by atoms with Crippen molar-refractivity contribution in [2.75, 3.05) is 41.3 Å². The van der Waals surface area contributed by atoms with Crippen LogP contribution in [0.1, 0.15) is 46.1 Å². The molecule has 0 saturated carbocycles. The Hall–Kier alpha value is -1.75. The molecule has 9 heteroatoms. The SMILES string of the molecule is CCOC(=O)/C=C/C[C@H](C[C@@H](OC)[C@@H](COCc1ccc(OC)cc1)OCOC)O[Si](C)(C)C(C)(C)C. The lowest BCUT2D eigenvalue weighted by molar-refractivity contribution is -0.150. The molecule has 0 aromatic heterocycles. The predicted molar refractivity (Wildman–Crippen MR) is 147 cm³/mol. The molecule has 0 aliphatic rings. The summed E-state index contributed by atoms with van der Waals surface area (Å²) in [6.45, 7) is 14.0. The minimum Gasteiger partial charge on any atom is -0.497 e. The maximum atomic E-state index is 11.8. The molecule has 0 aliphatic carbocycles. The van der Waals surface area contributed by atoms with Gasteiger partial charge in [0.05, 0.1) is 39.1 Å². The molecule has 0 aliphatic heterocycles. The van der Waals surface area contributed by atoms with Gasteiger partial charge in [0.15, 0.2) is 8.32 Å². The fraction of sp³-hybridized carbons (Fsp3) is 0.679. The summed E-state index contributed by atoms with van der Waals surface area (Å²) in [4.78, 5) is 11.8. The van der Waals surface area contributed by atoms with Crippen LogP contribution in [0.4, 0.5) is 0 Å². The van der Waals surface area contributed by atoms with Crippen molar-refractivity contribution in [2.24, 2.45) is 0 Å². The zero-order valence-corrected chi connectivity index (χ0v) is 25.2. The minimum absolute atomic E-state index is 0.0338. The van der Waals surface area contributed by atoms with Crippen LogP contribution in [-0.4, -0.2) is 73.9 Å². The van der Waals surface area contributed by atoms with E-state index >= 15 is 0 Å². The zero-order chi connectivity index (χ0) is 27.9. The van der Waals surface area contributed by atoms with E-state index in [4.69, 9.17) is 32.8 Å². The quantitative estimate of drug-likeness (QED) is 0.104. The molecule has 1 aromatic carbocycles. The fourth-order valence-corrected chi connectivity index (χ4v) is 4.76.